The molecule has 0 spiro atoms. The van der Waals surface area contributed by atoms with Gasteiger partial charge in [-0.15, -0.1) is 0 Å². The first-order valence-corrected chi connectivity index (χ1v) is 6.83. The molecule has 0 saturated carbocycles. The van der Waals surface area contributed by atoms with Crippen molar-refractivity contribution in [2.75, 3.05) is 32.9 Å². The Morgan fingerprint density at radius 1 is 1.06 bits per heavy atom. The first kappa shape index (κ1) is 16.8. The van der Waals surface area contributed by atoms with Crippen LogP contribution in [0.4, 0.5) is 0 Å². The van der Waals surface area contributed by atoms with E-state index < -0.39 is 0 Å². The summed E-state index contributed by atoms with van der Waals surface area (Å²) in [5.41, 5.74) is 0. The second-order valence-electron chi connectivity index (χ2n) is 4.12. The molecule has 17 heavy (non-hydrogen) atoms. The summed E-state index contributed by atoms with van der Waals surface area (Å²) in [6.07, 6.45) is 2.77. The second kappa shape index (κ2) is 12.3. The molecule has 0 radical (unpaired) electrons. The second-order valence-corrected chi connectivity index (χ2v) is 4.12. The van der Waals surface area contributed by atoms with Crippen molar-refractivity contribution < 1.29 is 14.6 Å². The van der Waals surface area contributed by atoms with Gasteiger partial charge < -0.3 is 19.9 Å². The van der Waals surface area contributed by atoms with Gasteiger partial charge in [0.05, 0.1) is 0 Å². The molecular weight excluding hydrogens is 218 g/mol. The highest BCUT2D eigenvalue weighted by molar-refractivity contribution is 4.61. The predicted octanol–water partition coefficient (Wildman–Crippen LogP) is 1.77. The van der Waals surface area contributed by atoms with Crippen LogP contribution in [0.1, 0.15) is 40.0 Å². The Bertz CT molecular complexity index is 150. The third kappa shape index (κ3) is 9.53. The van der Waals surface area contributed by atoms with E-state index in [2.05, 4.69) is 12.2 Å². The van der Waals surface area contributed by atoms with Gasteiger partial charge in [-0.1, -0.05) is 13.3 Å². The molecule has 0 aromatic heterocycles. The molecule has 0 amide bonds. The van der Waals surface area contributed by atoms with Gasteiger partial charge in [0, 0.05) is 26.2 Å². The van der Waals surface area contributed by atoms with Gasteiger partial charge in [-0.05, 0) is 39.3 Å². The lowest BCUT2D eigenvalue weighted by Gasteiger charge is -2.18. The van der Waals surface area contributed by atoms with Crippen LogP contribution in [0.5, 0.6) is 0 Å². The Labute approximate surface area is 106 Å². The fourth-order valence-electron chi connectivity index (χ4n) is 1.75. The van der Waals surface area contributed by atoms with Crippen LogP contribution in [0.3, 0.4) is 0 Å². The van der Waals surface area contributed by atoms with E-state index in [0.717, 1.165) is 32.4 Å². The molecule has 0 aromatic carbocycles. The molecule has 0 aliphatic rings. The van der Waals surface area contributed by atoms with Gasteiger partial charge in [0.2, 0.25) is 0 Å². The first-order chi connectivity index (χ1) is 8.28. The third-order valence-corrected chi connectivity index (χ3v) is 2.81. The summed E-state index contributed by atoms with van der Waals surface area (Å²) in [6.45, 7) is 9.63. The number of rotatable bonds is 12. The van der Waals surface area contributed by atoms with E-state index in [9.17, 15) is 0 Å². The van der Waals surface area contributed by atoms with Crippen molar-refractivity contribution in [2.45, 2.75) is 46.3 Å². The van der Waals surface area contributed by atoms with Crippen LogP contribution in [0, 0.1) is 5.92 Å². The number of ether oxygens (including phenoxy) is 2. The normalized spacial score (nSPS) is 13.2. The van der Waals surface area contributed by atoms with E-state index in [4.69, 9.17) is 14.6 Å². The topological polar surface area (TPSA) is 50.7 Å². The zero-order valence-electron chi connectivity index (χ0n) is 11.6. The number of aliphatic hydroxyl groups excluding tert-OH is 1. The van der Waals surface area contributed by atoms with Crippen LogP contribution < -0.4 is 5.32 Å². The summed E-state index contributed by atoms with van der Waals surface area (Å²) in [7, 11) is 0. The lowest BCUT2D eigenvalue weighted by atomic mass is 10.0. The van der Waals surface area contributed by atoms with E-state index >= 15 is 0 Å². The molecule has 4 heteroatoms. The minimum Gasteiger partial charge on any atom is -0.396 e. The van der Waals surface area contributed by atoms with Crippen LogP contribution in [0.15, 0.2) is 0 Å². The highest BCUT2D eigenvalue weighted by Gasteiger charge is 2.08. The van der Waals surface area contributed by atoms with E-state index in [0.29, 0.717) is 19.1 Å². The van der Waals surface area contributed by atoms with Gasteiger partial charge in [0.1, 0.15) is 0 Å². The molecule has 0 rings (SSSR count). The maximum absolute atomic E-state index is 8.88. The highest BCUT2D eigenvalue weighted by atomic mass is 16.7. The average molecular weight is 247 g/mol. The van der Waals surface area contributed by atoms with Crippen molar-refractivity contribution in [1.29, 1.82) is 0 Å². The Morgan fingerprint density at radius 3 is 2.18 bits per heavy atom. The lowest BCUT2D eigenvalue weighted by Crippen LogP contribution is -2.28. The standard InChI is InChI=1S/C13H29NO3/c1-4-12(8-10-15)11-14-9-7-13(16-5-2)17-6-3/h12-15H,4-11H2,1-3H3. The SMILES string of the molecule is CCOC(CCNCC(CC)CCO)OCC. The molecule has 0 aliphatic carbocycles. The van der Waals surface area contributed by atoms with Crippen molar-refractivity contribution >= 4 is 0 Å². The van der Waals surface area contributed by atoms with Crippen molar-refractivity contribution in [3.05, 3.63) is 0 Å². The molecule has 0 heterocycles. The average Bonchev–Trinajstić information content (AvgIpc) is 2.33. The van der Waals surface area contributed by atoms with Crippen LogP contribution in [-0.2, 0) is 9.47 Å². The summed E-state index contributed by atoms with van der Waals surface area (Å²) in [5, 5.41) is 12.3. The fraction of sp³-hybridized carbons (Fsp3) is 1.00. The zero-order chi connectivity index (χ0) is 12.9. The zero-order valence-corrected chi connectivity index (χ0v) is 11.6. The maximum atomic E-state index is 8.88. The summed E-state index contributed by atoms with van der Waals surface area (Å²) in [6, 6.07) is 0. The van der Waals surface area contributed by atoms with Gasteiger partial charge in [0.25, 0.3) is 0 Å². The molecule has 0 bridgehead atoms. The van der Waals surface area contributed by atoms with Crippen molar-refractivity contribution in [2.24, 2.45) is 5.92 Å². The van der Waals surface area contributed by atoms with Crippen LogP contribution in [0.25, 0.3) is 0 Å². The van der Waals surface area contributed by atoms with E-state index in [1.165, 1.54) is 0 Å². The van der Waals surface area contributed by atoms with Crippen LogP contribution in [-0.4, -0.2) is 44.3 Å². The number of nitrogens with one attached hydrogen (secondary N) is 1. The maximum Gasteiger partial charge on any atom is 0.158 e. The summed E-state index contributed by atoms with van der Waals surface area (Å²) in [4.78, 5) is 0. The van der Waals surface area contributed by atoms with E-state index in [-0.39, 0.29) is 12.9 Å². The summed E-state index contributed by atoms with van der Waals surface area (Å²) in [5.74, 6) is 0.567. The monoisotopic (exact) mass is 247 g/mol. The first-order valence-electron chi connectivity index (χ1n) is 6.83. The van der Waals surface area contributed by atoms with Crippen LogP contribution in [0.2, 0.25) is 0 Å². The van der Waals surface area contributed by atoms with Gasteiger partial charge in [0.15, 0.2) is 6.29 Å². The Balaban J connectivity index is 3.57. The molecule has 0 fully saturated rings. The molecule has 4 nitrogen and oxygen atoms in total. The molecule has 1 atom stereocenters. The van der Waals surface area contributed by atoms with Gasteiger partial charge >= 0.3 is 0 Å². The van der Waals surface area contributed by atoms with Crippen LogP contribution >= 0.6 is 0 Å². The molecule has 0 aromatic rings. The van der Waals surface area contributed by atoms with Gasteiger partial charge in [-0.2, -0.15) is 0 Å². The quantitative estimate of drug-likeness (QED) is 0.408. The highest BCUT2D eigenvalue weighted by Crippen LogP contribution is 2.06. The molecule has 104 valence electrons. The molecule has 0 saturated heterocycles. The lowest BCUT2D eigenvalue weighted by molar-refractivity contribution is -0.138. The van der Waals surface area contributed by atoms with E-state index in [1.54, 1.807) is 0 Å². The van der Waals surface area contributed by atoms with Crippen molar-refractivity contribution in [3.8, 4) is 0 Å². The third-order valence-electron chi connectivity index (χ3n) is 2.81. The molecule has 2 N–H and O–H groups in total. The van der Waals surface area contributed by atoms with Gasteiger partial charge in [-0.3, -0.25) is 0 Å². The molecule has 0 aliphatic heterocycles. The fourth-order valence-corrected chi connectivity index (χ4v) is 1.75. The smallest absolute Gasteiger partial charge is 0.158 e. The van der Waals surface area contributed by atoms with Crippen molar-refractivity contribution in [1.82, 2.24) is 5.32 Å². The van der Waals surface area contributed by atoms with Gasteiger partial charge in [-0.25, -0.2) is 0 Å². The minimum atomic E-state index is -0.0876. The summed E-state index contributed by atoms with van der Waals surface area (Å²) >= 11 is 0. The number of hydrogen-bond acceptors (Lipinski definition) is 4. The molecule has 1 unspecified atom stereocenters. The molecular formula is C13H29NO3. The van der Waals surface area contributed by atoms with E-state index in [1.807, 2.05) is 13.8 Å². The minimum absolute atomic E-state index is 0.0876. The Hall–Kier alpha value is -0.160. The number of hydrogen-bond donors (Lipinski definition) is 2. The largest absolute Gasteiger partial charge is 0.396 e. The summed E-state index contributed by atoms with van der Waals surface area (Å²) < 4.78 is 10.9. The Morgan fingerprint density at radius 2 is 1.71 bits per heavy atom. The Kier molecular flexibility index (Phi) is 12.2. The predicted molar refractivity (Wildman–Crippen MR) is 70.0 cm³/mol. The number of aliphatic hydroxyl groups is 1. The van der Waals surface area contributed by atoms with Crippen molar-refractivity contribution in [3.63, 3.8) is 0 Å².